The smallest absolute Gasteiger partial charge is 0.276 e. The summed E-state index contributed by atoms with van der Waals surface area (Å²) in [5, 5.41) is 6.52. The molecule has 31 heavy (non-hydrogen) atoms. The van der Waals surface area contributed by atoms with Crippen LogP contribution in [0.4, 0.5) is 5.69 Å². The molecule has 1 aliphatic rings. The molecule has 0 saturated heterocycles. The van der Waals surface area contributed by atoms with E-state index in [-0.39, 0.29) is 18.6 Å². The van der Waals surface area contributed by atoms with E-state index in [0.717, 1.165) is 15.6 Å². The number of aromatic nitrogens is 1. The Morgan fingerprint density at radius 2 is 1.81 bits per heavy atom. The number of nitrogens with zero attached hydrogens (tertiary/aromatic N) is 1. The lowest BCUT2D eigenvalue weighted by Crippen LogP contribution is -2.23. The van der Waals surface area contributed by atoms with E-state index >= 15 is 0 Å². The number of rotatable bonds is 5. The lowest BCUT2D eigenvalue weighted by atomic mass is 10.1. The summed E-state index contributed by atoms with van der Waals surface area (Å²) in [6.45, 7) is 0.553. The largest absolute Gasteiger partial charge is 0.454 e. The zero-order chi connectivity index (χ0) is 21.2. The van der Waals surface area contributed by atoms with Crippen molar-refractivity contribution < 1.29 is 19.1 Å². The minimum absolute atomic E-state index is 0.209. The van der Waals surface area contributed by atoms with E-state index < -0.39 is 0 Å². The summed E-state index contributed by atoms with van der Waals surface area (Å²) < 4.78 is 15.9. The predicted molar refractivity (Wildman–Crippen MR) is 118 cm³/mol. The summed E-state index contributed by atoms with van der Waals surface area (Å²) in [5.41, 5.74) is 2.25. The Labute approximate surface area is 181 Å². The van der Waals surface area contributed by atoms with Crippen LogP contribution in [0.3, 0.4) is 0 Å². The summed E-state index contributed by atoms with van der Waals surface area (Å²) in [6, 6.07) is 19.9. The van der Waals surface area contributed by atoms with Crippen LogP contribution >= 0.6 is 11.5 Å². The van der Waals surface area contributed by atoms with Crippen molar-refractivity contribution in [2.24, 2.45) is 0 Å². The third-order valence-corrected chi connectivity index (χ3v) is 5.69. The van der Waals surface area contributed by atoms with E-state index in [4.69, 9.17) is 9.47 Å². The van der Waals surface area contributed by atoms with Crippen molar-refractivity contribution in [3.63, 3.8) is 0 Å². The molecular weight excluding hydrogens is 414 g/mol. The van der Waals surface area contributed by atoms with Crippen LogP contribution in [0.25, 0.3) is 10.1 Å². The molecule has 1 aliphatic heterocycles. The molecule has 5 rings (SSSR count). The van der Waals surface area contributed by atoms with Gasteiger partial charge in [0.05, 0.1) is 4.70 Å². The maximum absolute atomic E-state index is 12.7. The lowest BCUT2D eigenvalue weighted by Gasteiger charge is -2.09. The fraction of sp³-hybridized carbons (Fsp3) is 0.0870. The summed E-state index contributed by atoms with van der Waals surface area (Å²) in [4.78, 5) is 25.3. The minimum atomic E-state index is -0.310. The van der Waals surface area contributed by atoms with Crippen molar-refractivity contribution in [1.82, 2.24) is 9.69 Å². The molecule has 0 bridgehead atoms. The Morgan fingerprint density at radius 3 is 2.74 bits per heavy atom. The average Bonchev–Trinajstić information content (AvgIpc) is 3.44. The van der Waals surface area contributed by atoms with Gasteiger partial charge >= 0.3 is 0 Å². The van der Waals surface area contributed by atoms with Crippen LogP contribution in [0, 0.1) is 0 Å². The van der Waals surface area contributed by atoms with E-state index in [0.29, 0.717) is 35.0 Å². The molecule has 3 aromatic carbocycles. The fourth-order valence-electron chi connectivity index (χ4n) is 3.31. The van der Waals surface area contributed by atoms with Crippen LogP contribution < -0.4 is 20.1 Å². The highest BCUT2D eigenvalue weighted by Crippen LogP contribution is 2.32. The Balaban J connectivity index is 1.26. The first-order valence-corrected chi connectivity index (χ1v) is 10.4. The molecule has 4 aromatic rings. The highest BCUT2D eigenvalue weighted by Gasteiger charge is 2.16. The second-order valence-corrected chi connectivity index (χ2v) is 7.74. The highest BCUT2D eigenvalue weighted by atomic mass is 32.1. The van der Waals surface area contributed by atoms with Crippen molar-refractivity contribution in [2.45, 2.75) is 6.54 Å². The topological polar surface area (TPSA) is 89.5 Å². The van der Waals surface area contributed by atoms with Crippen molar-refractivity contribution in [2.75, 3.05) is 12.1 Å². The first kappa shape index (κ1) is 19.1. The molecular formula is C23H17N3O4S. The van der Waals surface area contributed by atoms with Gasteiger partial charge in [-0.05, 0) is 53.5 Å². The molecule has 1 aromatic heterocycles. The number of fused-ring (bicyclic) bond motifs is 2. The van der Waals surface area contributed by atoms with Gasteiger partial charge in [0.15, 0.2) is 11.5 Å². The maximum atomic E-state index is 12.7. The number of anilines is 1. The predicted octanol–water partition coefficient (Wildman–Crippen LogP) is 4.21. The van der Waals surface area contributed by atoms with Crippen LogP contribution in [-0.2, 0) is 6.54 Å². The SMILES string of the molecule is O=C(NCc1ccc2c(c1)OCO2)c1cccc(NC(=O)c2nsc3ccccc23)c1. The molecule has 0 aliphatic carbocycles. The first-order valence-electron chi connectivity index (χ1n) is 9.60. The van der Waals surface area contributed by atoms with E-state index in [1.807, 2.05) is 42.5 Å². The molecule has 2 N–H and O–H groups in total. The summed E-state index contributed by atoms with van der Waals surface area (Å²) in [6.07, 6.45) is 0. The molecule has 8 heteroatoms. The molecule has 0 unspecified atom stereocenters. The molecule has 2 amide bonds. The first-order chi connectivity index (χ1) is 15.2. The molecule has 7 nitrogen and oxygen atoms in total. The summed E-state index contributed by atoms with van der Waals surface area (Å²) >= 11 is 1.28. The molecule has 0 spiro atoms. The number of carbonyl (C=O) groups excluding carboxylic acids is 2. The van der Waals surface area contributed by atoms with Gasteiger partial charge in [0.2, 0.25) is 6.79 Å². The van der Waals surface area contributed by atoms with Crippen LogP contribution in [0.1, 0.15) is 26.4 Å². The van der Waals surface area contributed by atoms with Crippen LogP contribution in [-0.4, -0.2) is 23.0 Å². The third kappa shape index (κ3) is 3.93. The Hall–Kier alpha value is -3.91. The van der Waals surface area contributed by atoms with Crippen LogP contribution in [0.5, 0.6) is 11.5 Å². The van der Waals surface area contributed by atoms with Gasteiger partial charge in [0.25, 0.3) is 11.8 Å². The van der Waals surface area contributed by atoms with Crippen molar-refractivity contribution in [3.8, 4) is 11.5 Å². The monoisotopic (exact) mass is 431 g/mol. The van der Waals surface area contributed by atoms with E-state index in [1.54, 1.807) is 24.3 Å². The van der Waals surface area contributed by atoms with E-state index in [2.05, 4.69) is 15.0 Å². The Bertz CT molecular complexity index is 1300. The molecule has 0 saturated carbocycles. The minimum Gasteiger partial charge on any atom is -0.454 e. The Kier molecular flexibility index (Phi) is 4.97. The number of nitrogens with one attached hydrogen (secondary N) is 2. The van der Waals surface area contributed by atoms with Gasteiger partial charge < -0.3 is 20.1 Å². The molecule has 0 fully saturated rings. The number of hydrogen-bond donors (Lipinski definition) is 2. The van der Waals surface area contributed by atoms with Crippen molar-refractivity contribution in [1.29, 1.82) is 0 Å². The normalized spacial score (nSPS) is 12.0. The zero-order valence-electron chi connectivity index (χ0n) is 16.3. The lowest BCUT2D eigenvalue weighted by molar-refractivity contribution is 0.0949. The van der Waals surface area contributed by atoms with Crippen molar-refractivity contribution in [3.05, 3.63) is 83.6 Å². The van der Waals surface area contributed by atoms with Gasteiger partial charge in [0, 0.05) is 23.2 Å². The van der Waals surface area contributed by atoms with Crippen molar-refractivity contribution >= 4 is 39.1 Å². The number of carbonyl (C=O) groups is 2. The maximum Gasteiger partial charge on any atom is 0.276 e. The third-order valence-electron chi connectivity index (χ3n) is 4.87. The standard InChI is InChI=1S/C23H17N3O4S/c27-22(24-12-14-8-9-18-19(10-14)30-13-29-18)15-4-3-5-16(11-15)25-23(28)21-17-6-1-2-7-20(17)31-26-21/h1-11H,12-13H2,(H,24,27)(H,25,28). The number of hydrogen-bond acceptors (Lipinski definition) is 6. The van der Waals surface area contributed by atoms with E-state index in [1.165, 1.54) is 11.5 Å². The van der Waals surface area contributed by atoms with Gasteiger partial charge in [0.1, 0.15) is 5.69 Å². The zero-order valence-corrected chi connectivity index (χ0v) is 17.1. The van der Waals surface area contributed by atoms with Gasteiger partial charge in [-0.15, -0.1) is 0 Å². The summed E-state index contributed by atoms with van der Waals surface area (Å²) in [5.74, 6) is 0.820. The van der Waals surface area contributed by atoms with Gasteiger partial charge in [-0.2, -0.15) is 4.37 Å². The Morgan fingerprint density at radius 1 is 0.935 bits per heavy atom. The van der Waals surface area contributed by atoms with Crippen LogP contribution in [0.2, 0.25) is 0 Å². The van der Waals surface area contributed by atoms with Gasteiger partial charge in [-0.1, -0.05) is 30.3 Å². The fourth-order valence-corrected chi connectivity index (χ4v) is 4.09. The summed E-state index contributed by atoms with van der Waals surface area (Å²) in [7, 11) is 0. The number of amides is 2. The second kappa shape index (κ2) is 8.08. The molecule has 0 atom stereocenters. The van der Waals surface area contributed by atoms with Gasteiger partial charge in [-0.3, -0.25) is 9.59 Å². The van der Waals surface area contributed by atoms with Gasteiger partial charge in [-0.25, -0.2) is 0 Å². The molecule has 154 valence electrons. The van der Waals surface area contributed by atoms with Crippen LogP contribution in [0.15, 0.2) is 66.7 Å². The molecule has 2 heterocycles. The molecule has 0 radical (unpaired) electrons. The second-order valence-electron chi connectivity index (χ2n) is 6.93. The average molecular weight is 431 g/mol. The number of ether oxygens (including phenoxy) is 2. The van der Waals surface area contributed by atoms with E-state index in [9.17, 15) is 9.59 Å². The number of benzene rings is 3. The highest BCUT2D eigenvalue weighted by molar-refractivity contribution is 7.13. The quantitative estimate of drug-likeness (QED) is 0.494.